The Balaban J connectivity index is 2.27. The molecule has 1 aromatic rings. The van der Waals surface area contributed by atoms with Crippen molar-refractivity contribution in [3.05, 3.63) is 29.8 Å². The van der Waals surface area contributed by atoms with Gasteiger partial charge in [-0.2, -0.15) is 0 Å². The van der Waals surface area contributed by atoms with Crippen LogP contribution in [0.4, 0.5) is 0 Å². The minimum Gasteiger partial charge on any atom is -0.491 e. The van der Waals surface area contributed by atoms with Gasteiger partial charge >= 0.3 is 0 Å². The molecule has 0 aliphatic rings. The molecule has 2 N–H and O–H groups in total. The number of rotatable bonds is 10. The normalized spacial score (nSPS) is 12.7. The van der Waals surface area contributed by atoms with Crippen LogP contribution in [0.3, 0.4) is 0 Å². The summed E-state index contributed by atoms with van der Waals surface area (Å²) >= 11 is 0. The monoisotopic (exact) mass is 279 g/mol. The largest absolute Gasteiger partial charge is 0.491 e. The van der Waals surface area contributed by atoms with E-state index in [1.807, 2.05) is 26.0 Å². The van der Waals surface area contributed by atoms with Gasteiger partial charge in [-0.05, 0) is 57.9 Å². The van der Waals surface area contributed by atoms with E-state index in [-0.39, 0.29) is 6.10 Å². The maximum Gasteiger partial charge on any atom is 0.119 e. The topological polar surface area (TPSA) is 41.5 Å². The van der Waals surface area contributed by atoms with E-state index in [1.54, 1.807) is 0 Å². The molecule has 1 unspecified atom stereocenters. The molecule has 3 heteroatoms. The minimum absolute atomic E-state index is 0.218. The molecule has 114 valence electrons. The van der Waals surface area contributed by atoms with Crippen LogP contribution in [-0.4, -0.2) is 24.4 Å². The Labute approximate surface area is 123 Å². The first-order valence-corrected chi connectivity index (χ1v) is 7.74. The Morgan fingerprint density at radius 3 is 2.25 bits per heavy atom. The molecule has 0 heterocycles. The van der Waals surface area contributed by atoms with Gasteiger partial charge in [-0.1, -0.05) is 25.0 Å². The van der Waals surface area contributed by atoms with Crippen molar-refractivity contribution in [2.45, 2.75) is 58.6 Å². The highest BCUT2D eigenvalue weighted by atomic mass is 16.5. The highest BCUT2D eigenvalue weighted by molar-refractivity contribution is 5.29. The molecular weight excluding hydrogens is 250 g/mol. The first kappa shape index (κ1) is 17.0. The lowest BCUT2D eigenvalue weighted by atomic mass is 10.1. The van der Waals surface area contributed by atoms with Crippen LogP contribution in [-0.2, 0) is 0 Å². The number of ether oxygens (including phenoxy) is 1. The maximum absolute atomic E-state index is 8.71. The molecule has 0 aliphatic heterocycles. The molecule has 0 aliphatic carbocycles. The van der Waals surface area contributed by atoms with Crippen LogP contribution in [0, 0.1) is 0 Å². The molecule has 20 heavy (non-hydrogen) atoms. The van der Waals surface area contributed by atoms with Crippen molar-refractivity contribution in [1.82, 2.24) is 5.32 Å². The van der Waals surface area contributed by atoms with Gasteiger partial charge in [0.2, 0.25) is 0 Å². The van der Waals surface area contributed by atoms with Crippen molar-refractivity contribution in [3.8, 4) is 5.75 Å². The molecule has 0 saturated heterocycles. The van der Waals surface area contributed by atoms with Crippen LogP contribution < -0.4 is 10.1 Å². The molecule has 1 atom stereocenters. The standard InChI is InChI=1S/C17H29NO2/c1-14(2)20-17-10-8-16(9-11-17)15(3)18-12-6-4-5-7-13-19/h8-11,14-15,18-19H,4-7,12-13H2,1-3H3. The van der Waals surface area contributed by atoms with Gasteiger partial charge in [0.25, 0.3) is 0 Å². The zero-order valence-electron chi connectivity index (χ0n) is 13.1. The summed E-state index contributed by atoms with van der Waals surface area (Å²) in [4.78, 5) is 0. The van der Waals surface area contributed by atoms with Crippen molar-refractivity contribution >= 4 is 0 Å². The van der Waals surface area contributed by atoms with Crippen LogP contribution >= 0.6 is 0 Å². The summed E-state index contributed by atoms with van der Waals surface area (Å²) in [6.07, 6.45) is 4.61. The quantitative estimate of drug-likeness (QED) is 0.642. The molecule has 0 saturated carbocycles. The fraction of sp³-hybridized carbons (Fsp3) is 0.647. The fourth-order valence-corrected chi connectivity index (χ4v) is 2.13. The molecule has 0 radical (unpaired) electrons. The highest BCUT2D eigenvalue weighted by Crippen LogP contribution is 2.18. The number of benzene rings is 1. The van der Waals surface area contributed by atoms with Crippen LogP contribution in [0.25, 0.3) is 0 Å². The van der Waals surface area contributed by atoms with Crippen LogP contribution in [0.2, 0.25) is 0 Å². The molecule has 0 bridgehead atoms. The lowest BCUT2D eigenvalue weighted by Crippen LogP contribution is -2.19. The van der Waals surface area contributed by atoms with Gasteiger partial charge < -0.3 is 15.2 Å². The molecular formula is C17H29NO2. The van der Waals surface area contributed by atoms with Crippen molar-refractivity contribution in [2.75, 3.05) is 13.2 Å². The molecule has 3 nitrogen and oxygen atoms in total. The summed E-state index contributed by atoms with van der Waals surface area (Å²) in [5.74, 6) is 0.931. The molecule has 1 rings (SSSR count). The van der Waals surface area contributed by atoms with E-state index in [0.29, 0.717) is 12.6 Å². The van der Waals surface area contributed by atoms with E-state index >= 15 is 0 Å². The third-order valence-electron chi connectivity index (χ3n) is 3.29. The Kier molecular flexibility index (Phi) is 8.31. The Morgan fingerprint density at radius 2 is 1.65 bits per heavy atom. The second kappa shape index (κ2) is 9.78. The summed E-state index contributed by atoms with van der Waals surface area (Å²) < 4.78 is 5.64. The smallest absolute Gasteiger partial charge is 0.119 e. The van der Waals surface area contributed by atoms with Gasteiger partial charge in [-0.15, -0.1) is 0 Å². The zero-order valence-corrected chi connectivity index (χ0v) is 13.1. The van der Waals surface area contributed by atoms with Crippen LogP contribution in [0.5, 0.6) is 5.75 Å². The predicted octanol–water partition coefficient (Wildman–Crippen LogP) is 3.68. The van der Waals surface area contributed by atoms with Crippen molar-refractivity contribution < 1.29 is 9.84 Å². The van der Waals surface area contributed by atoms with Crippen LogP contribution in [0.15, 0.2) is 24.3 Å². The number of unbranched alkanes of at least 4 members (excludes halogenated alkanes) is 3. The van der Waals surface area contributed by atoms with Gasteiger partial charge in [0.1, 0.15) is 5.75 Å². The van der Waals surface area contributed by atoms with E-state index in [2.05, 4.69) is 24.4 Å². The van der Waals surface area contributed by atoms with E-state index in [9.17, 15) is 0 Å². The third-order valence-corrected chi connectivity index (χ3v) is 3.29. The lowest BCUT2D eigenvalue weighted by molar-refractivity contribution is 0.242. The van der Waals surface area contributed by atoms with E-state index in [0.717, 1.165) is 25.1 Å². The maximum atomic E-state index is 8.71. The summed E-state index contributed by atoms with van der Waals surface area (Å²) in [7, 11) is 0. The summed E-state index contributed by atoms with van der Waals surface area (Å²) in [5.41, 5.74) is 1.29. The summed E-state index contributed by atoms with van der Waals surface area (Å²) in [6.45, 7) is 7.60. The van der Waals surface area contributed by atoms with E-state index < -0.39 is 0 Å². The first-order chi connectivity index (χ1) is 9.63. The van der Waals surface area contributed by atoms with Gasteiger partial charge in [-0.25, -0.2) is 0 Å². The highest BCUT2D eigenvalue weighted by Gasteiger charge is 2.05. The summed E-state index contributed by atoms with van der Waals surface area (Å²) in [6, 6.07) is 8.69. The van der Waals surface area contributed by atoms with Gasteiger partial charge in [0.15, 0.2) is 0 Å². The molecule has 0 aromatic heterocycles. The number of nitrogens with one attached hydrogen (secondary N) is 1. The van der Waals surface area contributed by atoms with Crippen molar-refractivity contribution in [3.63, 3.8) is 0 Å². The average molecular weight is 279 g/mol. The van der Waals surface area contributed by atoms with E-state index in [1.165, 1.54) is 18.4 Å². The van der Waals surface area contributed by atoms with Gasteiger partial charge in [0.05, 0.1) is 6.10 Å². The van der Waals surface area contributed by atoms with Crippen molar-refractivity contribution in [1.29, 1.82) is 0 Å². The number of aliphatic hydroxyl groups is 1. The van der Waals surface area contributed by atoms with Crippen LogP contribution in [0.1, 0.15) is 58.1 Å². The molecule has 0 amide bonds. The molecule has 0 fully saturated rings. The molecule has 0 spiro atoms. The molecule has 1 aromatic carbocycles. The van der Waals surface area contributed by atoms with E-state index in [4.69, 9.17) is 9.84 Å². The Morgan fingerprint density at radius 1 is 1.00 bits per heavy atom. The van der Waals surface area contributed by atoms with Gasteiger partial charge in [-0.3, -0.25) is 0 Å². The third kappa shape index (κ3) is 6.92. The number of hydrogen-bond donors (Lipinski definition) is 2. The van der Waals surface area contributed by atoms with Gasteiger partial charge in [0, 0.05) is 12.6 Å². The average Bonchev–Trinajstić information content (AvgIpc) is 2.42. The first-order valence-electron chi connectivity index (χ1n) is 7.74. The second-order valence-electron chi connectivity index (χ2n) is 5.55. The number of aliphatic hydroxyl groups excluding tert-OH is 1. The fourth-order valence-electron chi connectivity index (χ4n) is 2.13. The lowest BCUT2D eigenvalue weighted by Gasteiger charge is -2.15. The van der Waals surface area contributed by atoms with Crippen molar-refractivity contribution in [2.24, 2.45) is 0 Å². The minimum atomic E-state index is 0.218. The predicted molar refractivity (Wildman–Crippen MR) is 84.2 cm³/mol. The Bertz CT molecular complexity index is 349. The number of hydrogen-bond acceptors (Lipinski definition) is 3. The second-order valence-corrected chi connectivity index (χ2v) is 5.55. The summed E-state index contributed by atoms with van der Waals surface area (Å²) in [5, 5.41) is 12.2. The zero-order chi connectivity index (χ0) is 14.8. The SMILES string of the molecule is CC(C)Oc1ccc(C(C)NCCCCCCO)cc1. The Hall–Kier alpha value is -1.06.